The first-order valence-electron chi connectivity index (χ1n) is 12.9. The number of nitrogens with one attached hydrogen (secondary N) is 1. The number of imidazole rings is 1. The average molecular weight is 532 g/mol. The summed E-state index contributed by atoms with van der Waals surface area (Å²) in [5.74, 6) is -0.117. The predicted octanol–water partition coefficient (Wildman–Crippen LogP) is 5.32. The molecule has 1 N–H and O–H groups in total. The van der Waals surface area contributed by atoms with E-state index in [1.807, 2.05) is 28.3 Å². The van der Waals surface area contributed by atoms with Crippen LogP contribution in [0.15, 0.2) is 54.3 Å². The lowest BCUT2D eigenvalue weighted by Crippen LogP contribution is -2.52. The van der Waals surface area contributed by atoms with Crippen molar-refractivity contribution in [3.8, 4) is 22.6 Å². The third kappa shape index (κ3) is 4.58. The standard InChI is InChI=1S/C28H30FN7OS/c1-17(2)36-16-31-25(18-4-6-19(29)7-5-18)26(36)23-15-38-28(32-23)27(37)33-24-11-10-20(12-30-24)35-13-21-8-9-22(14-35)34(21)3/h4-7,10-12,15-17,21-22H,8-9,13-14H2,1-3H3,(H,30,33,37)/t21-,22+. The van der Waals surface area contributed by atoms with Gasteiger partial charge in [-0.15, -0.1) is 11.3 Å². The number of rotatable bonds is 6. The van der Waals surface area contributed by atoms with E-state index in [0.717, 1.165) is 30.0 Å². The van der Waals surface area contributed by atoms with Crippen LogP contribution in [0, 0.1) is 5.82 Å². The first-order valence-corrected chi connectivity index (χ1v) is 13.8. The van der Waals surface area contributed by atoms with Crippen molar-refractivity contribution in [3.05, 3.63) is 65.1 Å². The summed E-state index contributed by atoms with van der Waals surface area (Å²) in [7, 11) is 2.22. The molecule has 0 saturated carbocycles. The van der Waals surface area contributed by atoms with Crippen LogP contribution in [-0.2, 0) is 0 Å². The number of anilines is 2. The highest BCUT2D eigenvalue weighted by Crippen LogP contribution is 2.34. The van der Waals surface area contributed by atoms with Crippen LogP contribution in [0.3, 0.4) is 0 Å². The van der Waals surface area contributed by atoms with Gasteiger partial charge in [-0.25, -0.2) is 19.3 Å². The van der Waals surface area contributed by atoms with E-state index >= 15 is 0 Å². The number of halogens is 1. The molecule has 38 heavy (non-hydrogen) atoms. The Morgan fingerprint density at radius 2 is 1.82 bits per heavy atom. The number of aromatic nitrogens is 4. The SMILES string of the molecule is CC(C)n1cnc(-c2ccc(F)cc2)c1-c1csc(C(=O)Nc2ccc(N3C[C@H]4CC[C@@H](C3)N4C)cn2)n1. The Balaban J connectivity index is 1.19. The molecule has 10 heteroatoms. The van der Waals surface area contributed by atoms with E-state index in [2.05, 4.69) is 51.0 Å². The fourth-order valence-electron chi connectivity index (χ4n) is 5.45. The number of pyridine rings is 1. The molecule has 2 bridgehead atoms. The number of fused-ring (bicyclic) bond motifs is 2. The third-order valence-electron chi connectivity index (χ3n) is 7.61. The lowest BCUT2D eigenvalue weighted by Gasteiger charge is -2.40. The molecule has 196 valence electrons. The molecule has 2 fully saturated rings. The maximum absolute atomic E-state index is 13.5. The van der Waals surface area contributed by atoms with E-state index in [-0.39, 0.29) is 17.8 Å². The van der Waals surface area contributed by atoms with Gasteiger partial charge in [0.2, 0.25) is 0 Å². The molecule has 1 aromatic carbocycles. The minimum atomic E-state index is -0.307. The molecule has 2 atom stereocenters. The summed E-state index contributed by atoms with van der Waals surface area (Å²) in [6.07, 6.45) is 6.09. The zero-order valence-corrected chi connectivity index (χ0v) is 22.5. The topological polar surface area (TPSA) is 79.2 Å². The first-order chi connectivity index (χ1) is 18.4. The number of thiazole rings is 1. The molecule has 0 spiro atoms. The Morgan fingerprint density at radius 3 is 2.47 bits per heavy atom. The van der Waals surface area contributed by atoms with Crippen molar-refractivity contribution in [1.82, 2.24) is 24.4 Å². The zero-order chi connectivity index (χ0) is 26.4. The molecule has 4 aromatic rings. The number of likely N-dealkylation sites (N-methyl/N-ethyl adjacent to an activating group) is 1. The van der Waals surface area contributed by atoms with Crippen LogP contribution >= 0.6 is 11.3 Å². The van der Waals surface area contributed by atoms with E-state index in [0.29, 0.717) is 34.3 Å². The highest BCUT2D eigenvalue weighted by molar-refractivity contribution is 7.12. The predicted molar refractivity (Wildman–Crippen MR) is 148 cm³/mol. The summed E-state index contributed by atoms with van der Waals surface area (Å²) in [5.41, 5.74) is 4.02. The number of piperazine rings is 1. The molecule has 6 rings (SSSR count). The summed E-state index contributed by atoms with van der Waals surface area (Å²) in [6.45, 7) is 6.13. The van der Waals surface area contributed by atoms with Gasteiger partial charge in [-0.2, -0.15) is 0 Å². The molecule has 1 amide bonds. The summed E-state index contributed by atoms with van der Waals surface area (Å²) in [4.78, 5) is 31.7. The van der Waals surface area contributed by atoms with E-state index in [1.54, 1.807) is 18.5 Å². The molecule has 8 nitrogen and oxygen atoms in total. The van der Waals surface area contributed by atoms with Gasteiger partial charge in [0.25, 0.3) is 5.91 Å². The molecular formula is C28H30FN7OS. The highest BCUT2D eigenvalue weighted by Gasteiger charge is 2.37. The average Bonchev–Trinajstić information content (AvgIpc) is 3.61. The van der Waals surface area contributed by atoms with Gasteiger partial charge < -0.3 is 14.8 Å². The van der Waals surface area contributed by atoms with Crippen molar-refractivity contribution in [2.75, 3.05) is 30.4 Å². The maximum atomic E-state index is 13.5. The van der Waals surface area contributed by atoms with E-state index in [9.17, 15) is 9.18 Å². The van der Waals surface area contributed by atoms with E-state index < -0.39 is 0 Å². The zero-order valence-electron chi connectivity index (χ0n) is 21.6. The number of hydrogen-bond acceptors (Lipinski definition) is 7. The van der Waals surface area contributed by atoms with E-state index in [1.165, 1.54) is 36.3 Å². The van der Waals surface area contributed by atoms with Crippen molar-refractivity contribution in [3.63, 3.8) is 0 Å². The van der Waals surface area contributed by atoms with Crippen LogP contribution in [0.2, 0.25) is 0 Å². The van der Waals surface area contributed by atoms with Crippen LogP contribution in [0.25, 0.3) is 22.6 Å². The second-order valence-electron chi connectivity index (χ2n) is 10.3. The summed E-state index contributed by atoms with van der Waals surface area (Å²) in [6, 6.07) is 11.4. The Kier molecular flexibility index (Phi) is 6.45. The van der Waals surface area contributed by atoms with Gasteiger partial charge in [-0.05, 0) is 70.1 Å². The van der Waals surface area contributed by atoms with Crippen molar-refractivity contribution in [2.24, 2.45) is 0 Å². The van der Waals surface area contributed by atoms with Gasteiger partial charge in [0.15, 0.2) is 5.01 Å². The molecule has 2 aliphatic heterocycles. The Hall–Kier alpha value is -3.63. The van der Waals surface area contributed by atoms with E-state index in [4.69, 9.17) is 0 Å². The molecule has 5 heterocycles. The van der Waals surface area contributed by atoms with Gasteiger partial charge in [-0.1, -0.05) is 0 Å². The Labute approximate surface area is 225 Å². The highest BCUT2D eigenvalue weighted by atomic mass is 32.1. The van der Waals surface area contributed by atoms with Crippen molar-refractivity contribution < 1.29 is 9.18 Å². The van der Waals surface area contributed by atoms with Crippen LogP contribution < -0.4 is 10.2 Å². The number of amides is 1. The molecule has 2 aliphatic rings. The molecule has 0 radical (unpaired) electrons. The lowest BCUT2D eigenvalue weighted by atomic mass is 10.1. The van der Waals surface area contributed by atoms with Crippen LogP contribution in [0.1, 0.15) is 42.5 Å². The number of benzene rings is 1. The maximum Gasteiger partial charge on any atom is 0.285 e. The third-order valence-corrected chi connectivity index (χ3v) is 8.45. The monoisotopic (exact) mass is 531 g/mol. The minimum absolute atomic E-state index is 0.129. The Bertz CT molecular complexity index is 1430. The van der Waals surface area contributed by atoms with Gasteiger partial charge >= 0.3 is 0 Å². The quantitative estimate of drug-likeness (QED) is 0.363. The van der Waals surface area contributed by atoms with Gasteiger partial charge in [-0.3, -0.25) is 9.69 Å². The van der Waals surface area contributed by atoms with Gasteiger partial charge in [0.05, 0.1) is 29.6 Å². The van der Waals surface area contributed by atoms with Crippen molar-refractivity contribution in [1.29, 1.82) is 0 Å². The summed E-state index contributed by atoms with van der Waals surface area (Å²) in [5, 5.41) is 5.07. The number of carbonyl (C=O) groups is 1. The van der Waals surface area contributed by atoms with Crippen molar-refractivity contribution >= 4 is 28.7 Å². The van der Waals surface area contributed by atoms with Crippen LogP contribution in [0.5, 0.6) is 0 Å². The fourth-order valence-corrected chi connectivity index (χ4v) is 6.15. The molecular weight excluding hydrogens is 501 g/mol. The number of carbonyl (C=O) groups excluding carboxylic acids is 1. The Morgan fingerprint density at radius 1 is 1.08 bits per heavy atom. The summed E-state index contributed by atoms with van der Waals surface area (Å²) >= 11 is 1.27. The number of hydrogen-bond donors (Lipinski definition) is 1. The summed E-state index contributed by atoms with van der Waals surface area (Å²) < 4.78 is 15.5. The largest absolute Gasteiger partial charge is 0.367 e. The van der Waals surface area contributed by atoms with Crippen LogP contribution in [0.4, 0.5) is 15.9 Å². The second-order valence-corrected chi connectivity index (χ2v) is 11.2. The molecule has 0 unspecified atom stereocenters. The first kappa shape index (κ1) is 24.7. The lowest BCUT2D eigenvalue weighted by molar-refractivity contribution is 0.102. The molecule has 3 aromatic heterocycles. The molecule has 2 saturated heterocycles. The van der Waals surface area contributed by atoms with Gasteiger partial charge in [0.1, 0.15) is 17.3 Å². The second kappa shape index (κ2) is 9.92. The van der Waals surface area contributed by atoms with Gasteiger partial charge in [0, 0.05) is 42.2 Å². The van der Waals surface area contributed by atoms with Crippen molar-refractivity contribution in [2.45, 2.75) is 44.8 Å². The number of nitrogens with zero attached hydrogens (tertiary/aromatic N) is 6. The normalized spacial score (nSPS) is 19.3. The smallest absolute Gasteiger partial charge is 0.285 e. The minimum Gasteiger partial charge on any atom is -0.367 e. The fraction of sp³-hybridized carbons (Fsp3) is 0.357. The molecule has 0 aliphatic carbocycles. The van der Waals surface area contributed by atoms with Crippen LogP contribution in [-0.4, -0.2) is 62.5 Å².